The normalized spacial score (nSPS) is 10.7. The van der Waals surface area contributed by atoms with Crippen LogP contribution < -0.4 is 5.32 Å². The van der Waals surface area contributed by atoms with E-state index < -0.39 is 0 Å². The molecule has 0 aliphatic carbocycles. The SMILES string of the molecule is CCCc1cc(-c2nc(-c3ccc(NC)cc3Cl)cs2)ccn1. The molecule has 23 heavy (non-hydrogen) atoms. The van der Waals surface area contributed by atoms with E-state index in [2.05, 4.69) is 28.7 Å². The maximum Gasteiger partial charge on any atom is 0.124 e. The van der Waals surface area contributed by atoms with Crippen molar-refractivity contribution in [3.8, 4) is 21.8 Å². The number of pyridine rings is 1. The highest BCUT2D eigenvalue weighted by Crippen LogP contribution is 2.34. The van der Waals surface area contributed by atoms with Crippen LogP contribution in [0.5, 0.6) is 0 Å². The van der Waals surface area contributed by atoms with Gasteiger partial charge in [-0.1, -0.05) is 24.9 Å². The zero-order valence-electron chi connectivity index (χ0n) is 13.1. The highest BCUT2D eigenvalue weighted by Gasteiger charge is 2.10. The van der Waals surface area contributed by atoms with Crippen molar-refractivity contribution in [2.75, 3.05) is 12.4 Å². The van der Waals surface area contributed by atoms with Crippen LogP contribution in [-0.4, -0.2) is 17.0 Å². The topological polar surface area (TPSA) is 37.8 Å². The van der Waals surface area contributed by atoms with Gasteiger partial charge in [-0.2, -0.15) is 0 Å². The first kappa shape index (κ1) is 16.0. The summed E-state index contributed by atoms with van der Waals surface area (Å²) in [5.41, 5.74) is 5.08. The van der Waals surface area contributed by atoms with Crippen LogP contribution in [0, 0.1) is 0 Å². The van der Waals surface area contributed by atoms with Crippen LogP contribution in [0.1, 0.15) is 19.0 Å². The van der Waals surface area contributed by atoms with Gasteiger partial charge in [-0.15, -0.1) is 11.3 Å². The van der Waals surface area contributed by atoms with E-state index >= 15 is 0 Å². The van der Waals surface area contributed by atoms with Crippen LogP contribution >= 0.6 is 22.9 Å². The lowest BCUT2D eigenvalue weighted by atomic mass is 10.1. The summed E-state index contributed by atoms with van der Waals surface area (Å²) in [4.78, 5) is 9.16. The highest BCUT2D eigenvalue weighted by molar-refractivity contribution is 7.13. The molecule has 0 saturated heterocycles. The fourth-order valence-electron chi connectivity index (χ4n) is 2.41. The van der Waals surface area contributed by atoms with Crippen LogP contribution in [0.3, 0.4) is 0 Å². The second-order valence-corrected chi connectivity index (χ2v) is 6.53. The number of hydrogen-bond acceptors (Lipinski definition) is 4. The molecule has 3 rings (SSSR count). The Morgan fingerprint density at radius 3 is 2.83 bits per heavy atom. The predicted octanol–water partition coefficient (Wildman–Crippen LogP) is 5.52. The summed E-state index contributed by atoms with van der Waals surface area (Å²) in [5, 5.41) is 6.84. The summed E-state index contributed by atoms with van der Waals surface area (Å²) in [5.74, 6) is 0. The average molecular weight is 344 g/mol. The molecule has 0 aliphatic rings. The number of hydrogen-bond donors (Lipinski definition) is 1. The minimum Gasteiger partial charge on any atom is -0.388 e. The number of thiazole rings is 1. The molecule has 0 fully saturated rings. The Bertz CT molecular complexity index is 814. The van der Waals surface area contributed by atoms with Gasteiger partial charge in [0.1, 0.15) is 5.01 Å². The zero-order chi connectivity index (χ0) is 16.2. The third-order valence-corrected chi connectivity index (χ3v) is 4.81. The summed E-state index contributed by atoms with van der Waals surface area (Å²) in [6.45, 7) is 2.16. The molecule has 118 valence electrons. The van der Waals surface area contributed by atoms with Gasteiger partial charge in [-0.25, -0.2) is 4.98 Å². The fourth-order valence-corrected chi connectivity index (χ4v) is 3.51. The van der Waals surface area contributed by atoms with Crippen molar-refractivity contribution in [1.29, 1.82) is 0 Å². The van der Waals surface area contributed by atoms with Crippen molar-refractivity contribution in [1.82, 2.24) is 9.97 Å². The minimum absolute atomic E-state index is 0.704. The average Bonchev–Trinajstić information content (AvgIpc) is 3.05. The maximum absolute atomic E-state index is 6.38. The quantitative estimate of drug-likeness (QED) is 0.662. The number of aryl methyl sites for hydroxylation is 1. The molecule has 0 saturated carbocycles. The minimum atomic E-state index is 0.704. The number of aromatic nitrogens is 2. The van der Waals surface area contributed by atoms with E-state index in [1.54, 1.807) is 11.3 Å². The zero-order valence-corrected chi connectivity index (χ0v) is 14.7. The summed E-state index contributed by atoms with van der Waals surface area (Å²) in [6.07, 6.45) is 3.94. The van der Waals surface area contributed by atoms with Gasteiger partial charge in [0, 0.05) is 41.1 Å². The molecule has 0 aliphatic heterocycles. The van der Waals surface area contributed by atoms with Crippen molar-refractivity contribution >= 4 is 28.6 Å². The number of anilines is 1. The number of halogens is 1. The Balaban J connectivity index is 1.93. The first-order valence-corrected chi connectivity index (χ1v) is 8.85. The molecule has 0 unspecified atom stereocenters. The maximum atomic E-state index is 6.38. The Kier molecular flexibility index (Phi) is 4.94. The third-order valence-electron chi connectivity index (χ3n) is 3.61. The molecule has 0 bridgehead atoms. The molecule has 0 atom stereocenters. The first-order valence-electron chi connectivity index (χ1n) is 7.59. The number of benzene rings is 1. The third kappa shape index (κ3) is 3.54. The van der Waals surface area contributed by atoms with Gasteiger partial charge in [0.2, 0.25) is 0 Å². The van der Waals surface area contributed by atoms with Crippen LogP contribution in [0.15, 0.2) is 41.9 Å². The highest BCUT2D eigenvalue weighted by atomic mass is 35.5. The van der Waals surface area contributed by atoms with Crippen molar-refractivity contribution in [2.24, 2.45) is 0 Å². The van der Waals surface area contributed by atoms with Gasteiger partial charge < -0.3 is 5.32 Å². The Morgan fingerprint density at radius 2 is 2.09 bits per heavy atom. The van der Waals surface area contributed by atoms with E-state index in [0.29, 0.717) is 5.02 Å². The van der Waals surface area contributed by atoms with Crippen LogP contribution in [0.25, 0.3) is 21.8 Å². The monoisotopic (exact) mass is 343 g/mol. The Hall–Kier alpha value is -1.91. The van der Waals surface area contributed by atoms with Crippen molar-refractivity contribution < 1.29 is 0 Å². The summed E-state index contributed by atoms with van der Waals surface area (Å²) >= 11 is 8.01. The van der Waals surface area contributed by atoms with Crippen molar-refractivity contribution in [3.05, 3.63) is 52.6 Å². The lowest BCUT2D eigenvalue weighted by molar-refractivity contribution is 0.883. The molecule has 0 amide bonds. The van der Waals surface area contributed by atoms with Crippen LogP contribution in [0.4, 0.5) is 5.69 Å². The molecule has 0 radical (unpaired) electrons. The molecule has 3 nitrogen and oxygen atoms in total. The summed E-state index contributed by atoms with van der Waals surface area (Å²) < 4.78 is 0. The number of nitrogens with one attached hydrogen (secondary N) is 1. The van der Waals surface area contributed by atoms with Crippen molar-refractivity contribution in [3.63, 3.8) is 0 Å². The standard InChI is InChI=1S/C18H18ClN3S/c1-3-4-14-9-12(7-8-21-14)18-22-17(11-23-18)15-6-5-13(20-2)10-16(15)19/h5-11,20H,3-4H2,1-2H3. The van der Waals surface area contributed by atoms with Crippen molar-refractivity contribution in [2.45, 2.75) is 19.8 Å². The van der Waals surface area contributed by atoms with E-state index in [-0.39, 0.29) is 0 Å². The van der Waals surface area contributed by atoms with E-state index in [9.17, 15) is 0 Å². The summed E-state index contributed by atoms with van der Waals surface area (Å²) in [6, 6.07) is 10.1. The molecule has 1 aromatic carbocycles. The van der Waals surface area contributed by atoms with E-state index in [0.717, 1.165) is 46.1 Å². The smallest absolute Gasteiger partial charge is 0.124 e. The molecule has 1 N–H and O–H groups in total. The molecule has 3 aromatic rings. The van der Waals surface area contributed by atoms with E-state index in [4.69, 9.17) is 16.6 Å². The first-order chi connectivity index (χ1) is 11.2. The number of rotatable bonds is 5. The molecular weight excluding hydrogens is 326 g/mol. The number of nitrogens with zero attached hydrogens (tertiary/aromatic N) is 2. The lowest BCUT2D eigenvalue weighted by Gasteiger charge is -2.04. The largest absolute Gasteiger partial charge is 0.388 e. The molecule has 0 spiro atoms. The second kappa shape index (κ2) is 7.11. The predicted molar refractivity (Wildman–Crippen MR) is 99.3 cm³/mol. The molecule has 5 heteroatoms. The van der Waals surface area contributed by atoms with Gasteiger partial charge >= 0.3 is 0 Å². The summed E-state index contributed by atoms with van der Waals surface area (Å²) in [7, 11) is 1.88. The van der Waals surface area contributed by atoms with Gasteiger partial charge in [0.25, 0.3) is 0 Å². The Labute approximate surface area is 145 Å². The molecular formula is C18H18ClN3S. The fraction of sp³-hybridized carbons (Fsp3) is 0.222. The molecule has 2 heterocycles. The van der Waals surface area contributed by atoms with Gasteiger partial charge in [0.15, 0.2) is 0 Å². The van der Waals surface area contributed by atoms with Gasteiger partial charge in [0.05, 0.1) is 10.7 Å². The van der Waals surface area contributed by atoms with Crippen LogP contribution in [-0.2, 0) is 6.42 Å². The van der Waals surface area contributed by atoms with Gasteiger partial charge in [-0.3, -0.25) is 4.98 Å². The lowest BCUT2D eigenvalue weighted by Crippen LogP contribution is -1.90. The van der Waals surface area contributed by atoms with E-state index in [1.165, 1.54) is 0 Å². The van der Waals surface area contributed by atoms with E-state index in [1.807, 2.05) is 37.5 Å². The van der Waals surface area contributed by atoms with Gasteiger partial charge in [-0.05, 0) is 36.8 Å². The molecule has 2 aromatic heterocycles. The second-order valence-electron chi connectivity index (χ2n) is 5.27. The Morgan fingerprint density at radius 1 is 1.22 bits per heavy atom. The van der Waals surface area contributed by atoms with Crippen LogP contribution in [0.2, 0.25) is 5.02 Å².